The maximum absolute atomic E-state index is 11.6. The van der Waals surface area contributed by atoms with Gasteiger partial charge in [0.1, 0.15) is 5.54 Å². The number of carboxylic acid groups (broad SMARTS) is 1. The molecule has 0 aromatic heterocycles. The van der Waals surface area contributed by atoms with Crippen molar-refractivity contribution in [1.82, 2.24) is 15.1 Å². The molecule has 5 nitrogen and oxygen atoms in total. The van der Waals surface area contributed by atoms with E-state index in [1.807, 2.05) is 6.92 Å². The molecule has 1 fully saturated rings. The standard InChI is InChI=1S/C16H33N3O2/c1-6-9-17-16(3,15(20)21)11-13(2)19-10-7-8-14(12-19)18(4)5/h13-14,17H,6-12H2,1-5H3,(H,20,21). The highest BCUT2D eigenvalue weighted by Crippen LogP contribution is 2.22. The topological polar surface area (TPSA) is 55.8 Å². The highest BCUT2D eigenvalue weighted by atomic mass is 16.4. The van der Waals surface area contributed by atoms with Crippen molar-refractivity contribution in [2.24, 2.45) is 0 Å². The average molecular weight is 299 g/mol. The number of hydrogen-bond donors (Lipinski definition) is 2. The van der Waals surface area contributed by atoms with Crippen molar-refractivity contribution in [1.29, 1.82) is 0 Å². The van der Waals surface area contributed by atoms with Crippen molar-refractivity contribution in [3.63, 3.8) is 0 Å². The quantitative estimate of drug-likeness (QED) is 0.713. The minimum Gasteiger partial charge on any atom is -0.480 e. The van der Waals surface area contributed by atoms with Gasteiger partial charge >= 0.3 is 5.97 Å². The number of likely N-dealkylation sites (tertiary alicyclic amines) is 1. The Labute approximate surface area is 129 Å². The molecule has 1 aliphatic rings. The van der Waals surface area contributed by atoms with E-state index in [0.29, 0.717) is 12.5 Å². The summed E-state index contributed by atoms with van der Waals surface area (Å²) in [7, 11) is 4.26. The molecule has 0 spiro atoms. The number of hydrogen-bond acceptors (Lipinski definition) is 4. The smallest absolute Gasteiger partial charge is 0.323 e. The van der Waals surface area contributed by atoms with Crippen LogP contribution in [0.25, 0.3) is 0 Å². The summed E-state index contributed by atoms with van der Waals surface area (Å²) < 4.78 is 0. The van der Waals surface area contributed by atoms with Gasteiger partial charge in [0.2, 0.25) is 0 Å². The Kier molecular flexibility index (Phi) is 7.10. The molecule has 0 aliphatic carbocycles. The highest BCUT2D eigenvalue weighted by Gasteiger charge is 2.36. The van der Waals surface area contributed by atoms with Gasteiger partial charge in [-0.15, -0.1) is 0 Å². The van der Waals surface area contributed by atoms with Crippen LogP contribution in [-0.4, -0.2) is 72.2 Å². The molecule has 124 valence electrons. The summed E-state index contributed by atoms with van der Waals surface area (Å²) in [5.74, 6) is -0.746. The van der Waals surface area contributed by atoms with E-state index in [4.69, 9.17) is 0 Å². The van der Waals surface area contributed by atoms with Gasteiger partial charge in [0.05, 0.1) is 0 Å². The summed E-state index contributed by atoms with van der Waals surface area (Å²) >= 11 is 0. The SMILES string of the molecule is CCCNC(C)(CC(C)N1CCCC(N(C)C)C1)C(=O)O. The van der Waals surface area contributed by atoms with E-state index in [0.717, 1.165) is 26.1 Å². The number of rotatable bonds is 8. The van der Waals surface area contributed by atoms with E-state index >= 15 is 0 Å². The Balaban J connectivity index is 2.64. The lowest BCUT2D eigenvalue weighted by Gasteiger charge is -2.41. The van der Waals surface area contributed by atoms with Gasteiger partial charge in [-0.25, -0.2) is 0 Å². The van der Waals surface area contributed by atoms with Crippen LogP contribution in [0.3, 0.4) is 0 Å². The average Bonchev–Trinajstić information content (AvgIpc) is 2.45. The largest absolute Gasteiger partial charge is 0.480 e. The molecule has 1 saturated heterocycles. The zero-order valence-electron chi connectivity index (χ0n) is 14.4. The third-order valence-corrected chi connectivity index (χ3v) is 4.72. The van der Waals surface area contributed by atoms with E-state index in [1.54, 1.807) is 0 Å². The molecule has 5 heteroatoms. The summed E-state index contributed by atoms with van der Waals surface area (Å²) in [5, 5.41) is 12.8. The monoisotopic (exact) mass is 299 g/mol. The highest BCUT2D eigenvalue weighted by molar-refractivity contribution is 5.78. The van der Waals surface area contributed by atoms with E-state index in [-0.39, 0.29) is 6.04 Å². The number of nitrogens with zero attached hydrogens (tertiary/aromatic N) is 2. The normalized spacial score (nSPS) is 24.8. The van der Waals surface area contributed by atoms with Crippen LogP contribution in [0.1, 0.15) is 46.5 Å². The predicted octanol–water partition coefficient (Wildman–Crippen LogP) is 1.63. The molecule has 21 heavy (non-hydrogen) atoms. The number of nitrogens with one attached hydrogen (secondary N) is 1. The van der Waals surface area contributed by atoms with Crippen LogP contribution in [0.15, 0.2) is 0 Å². The molecule has 3 atom stereocenters. The Morgan fingerprint density at radius 2 is 2.19 bits per heavy atom. The molecule has 0 saturated carbocycles. The Morgan fingerprint density at radius 3 is 2.71 bits per heavy atom. The van der Waals surface area contributed by atoms with E-state index in [9.17, 15) is 9.90 Å². The van der Waals surface area contributed by atoms with Gasteiger partial charge in [-0.2, -0.15) is 0 Å². The Hall–Kier alpha value is -0.650. The molecule has 1 rings (SSSR count). The molecule has 3 unspecified atom stereocenters. The summed E-state index contributed by atoms with van der Waals surface area (Å²) in [5.41, 5.74) is -0.833. The first kappa shape index (κ1) is 18.4. The summed E-state index contributed by atoms with van der Waals surface area (Å²) in [4.78, 5) is 16.4. The first-order chi connectivity index (χ1) is 9.80. The molecule has 2 N–H and O–H groups in total. The molecular formula is C16H33N3O2. The van der Waals surface area contributed by atoms with Crippen LogP contribution in [0.5, 0.6) is 0 Å². The molecule has 1 heterocycles. The number of aliphatic carboxylic acids is 1. The summed E-state index contributed by atoms with van der Waals surface area (Å²) in [6, 6.07) is 0.860. The number of carboxylic acids is 1. The van der Waals surface area contributed by atoms with E-state index in [1.165, 1.54) is 12.8 Å². The van der Waals surface area contributed by atoms with Crippen molar-refractivity contribution < 1.29 is 9.90 Å². The number of piperidine rings is 1. The van der Waals surface area contributed by atoms with Gasteiger partial charge in [0.25, 0.3) is 0 Å². The zero-order chi connectivity index (χ0) is 16.0. The second-order valence-electron chi connectivity index (χ2n) is 6.87. The lowest BCUT2D eigenvalue weighted by atomic mass is 9.91. The minimum absolute atomic E-state index is 0.276. The van der Waals surface area contributed by atoms with Gasteiger partial charge in [-0.05, 0) is 66.7 Å². The van der Waals surface area contributed by atoms with Crippen molar-refractivity contribution in [3.05, 3.63) is 0 Å². The van der Waals surface area contributed by atoms with Crippen molar-refractivity contribution >= 4 is 5.97 Å². The second-order valence-corrected chi connectivity index (χ2v) is 6.87. The van der Waals surface area contributed by atoms with Crippen LogP contribution in [-0.2, 0) is 4.79 Å². The van der Waals surface area contributed by atoms with Gasteiger partial charge < -0.3 is 15.3 Å². The summed E-state index contributed by atoms with van der Waals surface area (Å²) in [6.07, 6.45) is 4.02. The lowest BCUT2D eigenvalue weighted by molar-refractivity contribution is -0.145. The van der Waals surface area contributed by atoms with E-state index in [2.05, 4.69) is 43.1 Å². The zero-order valence-corrected chi connectivity index (χ0v) is 14.4. The molecule has 0 amide bonds. The molecule has 0 bridgehead atoms. The third-order valence-electron chi connectivity index (χ3n) is 4.72. The molecule has 0 aromatic rings. The van der Waals surface area contributed by atoms with Crippen LogP contribution in [0.4, 0.5) is 0 Å². The first-order valence-corrected chi connectivity index (χ1v) is 8.19. The lowest BCUT2D eigenvalue weighted by Crippen LogP contribution is -2.56. The van der Waals surface area contributed by atoms with Crippen LogP contribution in [0.2, 0.25) is 0 Å². The van der Waals surface area contributed by atoms with Crippen LogP contribution < -0.4 is 5.32 Å². The van der Waals surface area contributed by atoms with Crippen LogP contribution >= 0.6 is 0 Å². The fourth-order valence-corrected chi connectivity index (χ4v) is 3.16. The fraction of sp³-hybridized carbons (Fsp3) is 0.938. The summed E-state index contributed by atoms with van der Waals surface area (Å²) in [6.45, 7) is 8.90. The molecule has 1 aliphatic heterocycles. The van der Waals surface area contributed by atoms with Crippen molar-refractivity contribution in [2.45, 2.75) is 64.1 Å². The fourth-order valence-electron chi connectivity index (χ4n) is 3.16. The van der Waals surface area contributed by atoms with Gasteiger partial charge in [0, 0.05) is 18.6 Å². The minimum atomic E-state index is -0.833. The second kappa shape index (κ2) is 8.11. The van der Waals surface area contributed by atoms with E-state index < -0.39 is 11.5 Å². The van der Waals surface area contributed by atoms with Crippen molar-refractivity contribution in [3.8, 4) is 0 Å². The first-order valence-electron chi connectivity index (χ1n) is 8.19. The van der Waals surface area contributed by atoms with Gasteiger partial charge in [0.15, 0.2) is 0 Å². The van der Waals surface area contributed by atoms with Gasteiger partial charge in [-0.1, -0.05) is 6.92 Å². The molecular weight excluding hydrogens is 266 g/mol. The van der Waals surface area contributed by atoms with Gasteiger partial charge in [-0.3, -0.25) is 9.69 Å². The Morgan fingerprint density at radius 1 is 1.52 bits per heavy atom. The maximum Gasteiger partial charge on any atom is 0.323 e. The molecule has 0 aromatic carbocycles. The molecule has 0 radical (unpaired) electrons. The number of likely N-dealkylation sites (N-methyl/N-ethyl adjacent to an activating group) is 1. The van der Waals surface area contributed by atoms with Crippen LogP contribution in [0, 0.1) is 0 Å². The third kappa shape index (κ3) is 5.24. The van der Waals surface area contributed by atoms with Crippen molar-refractivity contribution in [2.75, 3.05) is 33.7 Å². The maximum atomic E-state index is 11.6. The predicted molar refractivity (Wildman–Crippen MR) is 86.7 cm³/mol. The number of carbonyl (C=O) groups is 1. The Bertz CT molecular complexity index is 335.